The highest BCUT2D eigenvalue weighted by atomic mass is 35.5. The summed E-state index contributed by atoms with van der Waals surface area (Å²) in [7, 11) is 0.298. The average Bonchev–Trinajstić information content (AvgIpc) is 3.03. The number of aromatic amines is 1. The minimum absolute atomic E-state index is 0.222. The third-order valence-electron chi connectivity index (χ3n) is 4.69. The van der Waals surface area contributed by atoms with Gasteiger partial charge in [-0.2, -0.15) is 0 Å². The molecule has 0 saturated carbocycles. The molecule has 26 heavy (non-hydrogen) atoms. The molecule has 1 N–H and O–H groups in total. The smallest absolute Gasteiger partial charge is 0.198 e. The van der Waals surface area contributed by atoms with E-state index in [9.17, 15) is 4.21 Å². The highest BCUT2D eigenvalue weighted by molar-refractivity contribution is 7.85. The van der Waals surface area contributed by atoms with Gasteiger partial charge >= 0.3 is 0 Å². The number of aromatic nitrogens is 3. The Hall–Kier alpha value is -1.63. The van der Waals surface area contributed by atoms with Crippen molar-refractivity contribution in [2.24, 2.45) is 0 Å². The van der Waals surface area contributed by atoms with Gasteiger partial charge in [0.05, 0.1) is 49.9 Å². The van der Waals surface area contributed by atoms with Gasteiger partial charge in [-0.05, 0) is 38.3 Å². The number of rotatable bonds is 3. The first-order valence-corrected chi connectivity index (χ1v) is 10.2. The zero-order chi connectivity index (χ0) is 18.4. The lowest BCUT2D eigenvalue weighted by molar-refractivity contribution is 0.401. The number of nitrogens with zero attached hydrogens (tertiary/aromatic N) is 2. The van der Waals surface area contributed by atoms with Crippen molar-refractivity contribution in [3.05, 3.63) is 45.2 Å². The molecule has 4 rings (SSSR count). The lowest BCUT2D eigenvalue weighted by Gasteiger charge is -2.25. The maximum absolute atomic E-state index is 13.3. The van der Waals surface area contributed by atoms with E-state index >= 15 is 0 Å². The number of imidazole rings is 1. The number of ether oxygens (including phenoxy) is 1. The molecule has 5 nitrogen and oxygen atoms in total. The van der Waals surface area contributed by atoms with Crippen molar-refractivity contribution in [1.29, 1.82) is 0 Å². The Morgan fingerprint density at radius 1 is 1.31 bits per heavy atom. The van der Waals surface area contributed by atoms with Crippen molar-refractivity contribution in [3.8, 4) is 5.75 Å². The molecule has 136 valence electrons. The molecule has 0 amide bonds. The molecule has 0 spiro atoms. The Labute approximate surface area is 163 Å². The molecule has 1 aromatic carbocycles. The van der Waals surface area contributed by atoms with E-state index in [2.05, 4.69) is 15.0 Å². The summed E-state index contributed by atoms with van der Waals surface area (Å²) in [5, 5.41) is 1.05. The molecule has 0 bridgehead atoms. The van der Waals surface area contributed by atoms with E-state index in [-0.39, 0.29) is 5.25 Å². The lowest BCUT2D eigenvalue weighted by Crippen LogP contribution is -2.18. The topological polar surface area (TPSA) is 67.9 Å². The van der Waals surface area contributed by atoms with Crippen LogP contribution >= 0.6 is 23.2 Å². The SMILES string of the molecule is COc1c(C)cnc2c1CCCC2S(=O)c1nc2cc(Cl)c(Cl)cc2[nH]1. The monoisotopic (exact) mass is 409 g/mol. The molecule has 0 saturated heterocycles. The molecule has 8 heteroatoms. The summed E-state index contributed by atoms with van der Waals surface area (Å²) in [5.41, 5.74) is 4.25. The van der Waals surface area contributed by atoms with Crippen molar-refractivity contribution in [2.75, 3.05) is 7.11 Å². The third kappa shape index (κ3) is 2.90. The van der Waals surface area contributed by atoms with Gasteiger partial charge in [-0.25, -0.2) is 4.98 Å². The molecule has 2 aromatic heterocycles. The predicted molar refractivity (Wildman–Crippen MR) is 104 cm³/mol. The number of H-pyrrole nitrogens is 1. The molecule has 0 fully saturated rings. The summed E-state index contributed by atoms with van der Waals surface area (Å²) in [4.78, 5) is 12.2. The summed E-state index contributed by atoms with van der Waals surface area (Å²) >= 11 is 12.1. The van der Waals surface area contributed by atoms with E-state index in [0.717, 1.165) is 41.8 Å². The van der Waals surface area contributed by atoms with Gasteiger partial charge in [-0.15, -0.1) is 0 Å². The molecule has 0 aliphatic heterocycles. The highest BCUT2D eigenvalue weighted by Gasteiger charge is 2.31. The molecule has 0 radical (unpaired) electrons. The fourth-order valence-corrected chi connectivity index (χ4v) is 5.26. The number of hydrogen-bond acceptors (Lipinski definition) is 4. The van der Waals surface area contributed by atoms with Crippen molar-refractivity contribution in [3.63, 3.8) is 0 Å². The predicted octanol–water partition coefficient (Wildman–Crippen LogP) is 4.77. The van der Waals surface area contributed by atoms with Gasteiger partial charge in [0, 0.05) is 17.3 Å². The van der Waals surface area contributed by atoms with Crippen LogP contribution in [0.4, 0.5) is 0 Å². The number of aryl methyl sites for hydroxylation is 1. The largest absolute Gasteiger partial charge is 0.496 e. The number of hydrogen-bond donors (Lipinski definition) is 1. The summed E-state index contributed by atoms with van der Waals surface area (Å²) < 4.78 is 18.8. The minimum Gasteiger partial charge on any atom is -0.496 e. The summed E-state index contributed by atoms with van der Waals surface area (Å²) in [5.74, 6) is 0.847. The second-order valence-corrected chi connectivity index (χ2v) is 8.71. The Morgan fingerprint density at radius 3 is 2.85 bits per heavy atom. The summed E-state index contributed by atoms with van der Waals surface area (Å²) in [6.45, 7) is 1.97. The van der Waals surface area contributed by atoms with Gasteiger partial charge < -0.3 is 9.72 Å². The van der Waals surface area contributed by atoms with E-state index in [0.29, 0.717) is 26.2 Å². The van der Waals surface area contributed by atoms with E-state index < -0.39 is 10.8 Å². The van der Waals surface area contributed by atoms with Crippen LogP contribution in [0.2, 0.25) is 10.0 Å². The average molecular weight is 410 g/mol. The van der Waals surface area contributed by atoms with Crippen LogP contribution in [0.1, 0.15) is 34.9 Å². The summed E-state index contributed by atoms with van der Waals surface area (Å²) in [6, 6.07) is 3.38. The van der Waals surface area contributed by atoms with Crippen LogP contribution in [-0.4, -0.2) is 26.3 Å². The molecule has 3 aromatic rings. The maximum atomic E-state index is 13.3. The Balaban J connectivity index is 1.77. The minimum atomic E-state index is -1.36. The summed E-state index contributed by atoms with van der Waals surface area (Å²) in [6.07, 6.45) is 4.39. The zero-order valence-electron chi connectivity index (χ0n) is 14.3. The van der Waals surface area contributed by atoms with Gasteiger partial charge in [0.25, 0.3) is 0 Å². The second-order valence-electron chi connectivity index (χ2n) is 6.34. The van der Waals surface area contributed by atoms with Crippen LogP contribution in [0, 0.1) is 6.92 Å². The van der Waals surface area contributed by atoms with Crippen LogP contribution in [0.5, 0.6) is 5.75 Å². The van der Waals surface area contributed by atoms with Gasteiger partial charge in [0.1, 0.15) is 5.75 Å². The molecule has 2 unspecified atom stereocenters. The van der Waals surface area contributed by atoms with Crippen LogP contribution in [-0.2, 0) is 17.2 Å². The fraction of sp³-hybridized carbons (Fsp3) is 0.333. The number of benzene rings is 1. The van der Waals surface area contributed by atoms with E-state index in [1.54, 1.807) is 25.4 Å². The van der Waals surface area contributed by atoms with Crippen molar-refractivity contribution >= 4 is 45.0 Å². The van der Waals surface area contributed by atoms with E-state index in [1.807, 2.05) is 6.92 Å². The van der Waals surface area contributed by atoms with Crippen molar-refractivity contribution in [1.82, 2.24) is 15.0 Å². The molecule has 2 heterocycles. The van der Waals surface area contributed by atoms with Crippen molar-refractivity contribution in [2.45, 2.75) is 36.6 Å². The third-order valence-corrected chi connectivity index (χ3v) is 6.96. The molecular weight excluding hydrogens is 393 g/mol. The molecule has 1 aliphatic rings. The number of halogens is 2. The zero-order valence-corrected chi connectivity index (χ0v) is 16.6. The maximum Gasteiger partial charge on any atom is 0.198 e. The second kappa shape index (κ2) is 6.83. The number of methoxy groups -OCH3 is 1. The lowest BCUT2D eigenvalue weighted by atomic mass is 9.93. The van der Waals surface area contributed by atoms with Gasteiger partial charge in [0.2, 0.25) is 0 Å². The Bertz CT molecular complexity index is 996. The first kappa shape index (κ1) is 17.8. The van der Waals surface area contributed by atoms with Crippen LogP contribution < -0.4 is 4.74 Å². The quantitative estimate of drug-likeness (QED) is 0.676. The normalized spacial score (nSPS) is 17.9. The van der Waals surface area contributed by atoms with Gasteiger partial charge in [-0.1, -0.05) is 23.2 Å². The first-order chi connectivity index (χ1) is 12.5. The van der Waals surface area contributed by atoms with Crippen LogP contribution in [0.25, 0.3) is 11.0 Å². The number of fused-ring (bicyclic) bond motifs is 2. The number of nitrogens with one attached hydrogen (secondary N) is 1. The van der Waals surface area contributed by atoms with Crippen LogP contribution in [0.3, 0.4) is 0 Å². The van der Waals surface area contributed by atoms with Gasteiger partial charge in [0.15, 0.2) is 5.16 Å². The van der Waals surface area contributed by atoms with Crippen LogP contribution in [0.15, 0.2) is 23.5 Å². The van der Waals surface area contributed by atoms with E-state index in [1.165, 1.54) is 0 Å². The fourth-order valence-electron chi connectivity index (χ4n) is 3.48. The first-order valence-electron chi connectivity index (χ1n) is 8.27. The highest BCUT2D eigenvalue weighted by Crippen LogP contribution is 2.40. The Morgan fingerprint density at radius 2 is 2.08 bits per heavy atom. The van der Waals surface area contributed by atoms with Gasteiger partial charge in [-0.3, -0.25) is 9.19 Å². The Kier molecular flexibility index (Phi) is 4.67. The van der Waals surface area contributed by atoms with E-state index in [4.69, 9.17) is 27.9 Å². The standard InChI is InChI=1S/C18H17Cl2N3O2S/c1-9-8-21-16-10(17(9)25-2)4-3-5-15(16)26(24)18-22-13-6-11(19)12(20)7-14(13)23-18/h6-8,15H,3-5H2,1-2H3,(H,22,23). The molecule has 1 aliphatic carbocycles. The molecular formula is C18H17Cl2N3O2S. The number of pyridine rings is 1. The molecule has 2 atom stereocenters. The van der Waals surface area contributed by atoms with Crippen molar-refractivity contribution < 1.29 is 8.95 Å².